The van der Waals surface area contributed by atoms with Gasteiger partial charge in [-0.3, -0.25) is 10.1 Å². The summed E-state index contributed by atoms with van der Waals surface area (Å²) in [4.78, 5) is 9.92. The van der Waals surface area contributed by atoms with Crippen molar-refractivity contribution < 1.29 is 9.34 Å². The number of furan rings is 1. The highest BCUT2D eigenvalue weighted by Crippen LogP contribution is 2.30. The maximum Gasteiger partial charge on any atom is 0.433 e. The molecule has 2 rings (SSSR count). The van der Waals surface area contributed by atoms with Crippen molar-refractivity contribution in [2.24, 2.45) is 5.73 Å². The topological polar surface area (TPSA) is 82.3 Å². The molecule has 86 valence electrons. The number of nitrogens with zero attached hydrogens (tertiary/aromatic N) is 1. The van der Waals surface area contributed by atoms with Crippen LogP contribution in [0.5, 0.6) is 0 Å². The van der Waals surface area contributed by atoms with E-state index in [0.29, 0.717) is 5.76 Å². The number of rotatable bonds is 3. The minimum Gasteiger partial charge on any atom is -0.404 e. The molecule has 1 heterocycles. The van der Waals surface area contributed by atoms with Crippen molar-refractivity contribution >= 4 is 5.88 Å². The lowest BCUT2D eigenvalue weighted by Crippen LogP contribution is -2.14. The van der Waals surface area contributed by atoms with Crippen LogP contribution in [-0.2, 0) is 0 Å². The molecule has 1 aliphatic rings. The summed E-state index contributed by atoms with van der Waals surface area (Å²) >= 11 is 0. The van der Waals surface area contributed by atoms with Gasteiger partial charge in [0.1, 0.15) is 10.7 Å². The molecule has 5 nitrogen and oxygen atoms in total. The molecular formula is C11H14N2O3. The van der Waals surface area contributed by atoms with Gasteiger partial charge in [0, 0.05) is 0 Å². The number of nitro groups is 1. The maximum atomic E-state index is 10.5. The largest absolute Gasteiger partial charge is 0.433 e. The van der Waals surface area contributed by atoms with Crippen LogP contribution in [0, 0.1) is 10.1 Å². The SMILES string of the molecule is NC(C1=CCCCC1)c1ccc([N+](=O)[O-])o1. The van der Waals surface area contributed by atoms with E-state index in [1.807, 2.05) is 0 Å². The molecule has 16 heavy (non-hydrogen) atoms. The highest BCUT2D eigenvalue weighted by Gasteiger charge is 2.20. The van der Waals surface area contributed by atoms with Gasteiger partial charge in [0.2, 0.25) is 0 Å². The van der Waals surface area contributed by atoms with Crippen LogP contribution in [0.3, 0.4) is 0 Å². The van der Waals surface area contributed by atoms with E-state index in [0.717, 1.165) is 24.8 Å². The molecule has 0 saturated heterocycles. The summed E-state index contributed by atoms with van der Waals surface area (Å²) in [5.74, 6) is 0.224. The molecule has 0 saturated carbocycles. The van der Waals surface area contributed by atoms with E-state index in [1.165, 1.54) is 12.5 Å². The van der Waals surface area contributed by atoms with E-state index in [9.17, 15) is 10.1 Å². The van der Waals surface area contributed by atoms with Crippen molar-refractivity contribution in [2.75, 3.05) is 0 Å². The Labute approximate surface area is 93.1 Å². The molecule has 5 heteroatoms. The van der Waals surface area contributed by atoms with Crippen LogP contribution in [0.25, 0.3) is 0 Å². The van der Waals surface area contributed by atoms with Crippen LogP contribution in [0.2, 0.25) is 0 Å². The van der Waals surface area contributed by atoms with E-state index >= 15 is 0 Å². The van der Waals surface area contributed by atoms with Crippen LogP contribution >= 0.6 is 0 Å². The fourth-order valence-electron chi connectivity index (χ4n) is 1.94. The Bertz CT molecular complexity index is 423. The van der Waals surface area contributed by atoms with Crippen molar-refractivity contribution in [1.82, 2.24) is 0 Å². The summed E-state index contributed by atoms with van der Waals surface area (Å²) in [5.41, 5.74) is 7.12. The van der Waals surface area contributed by atoms with Crippen LogP contribution < -0.4 is 5.73 Å². The minimum absolute atomic E-state index is 0.248. The quantitative estimate of drug-likeness (QED) is 0.484. The summed E-state index contributed by atoms with van der Waals surface area (Å²) in [6.07, 6.45) is 6.42. The van der Waals surface area contributed by atoms with Crippen LogP contribution in [0.1, 0.15) is 37.5 Å². The predicted molar refractivity (Wildman–Crippen MR) is 58.8 cm³/mol. The summed E-state index contributed by atoms with van der Waals surface area (Å²) in [6.45, 7) is 0. The zero-order valence-electron chi connectivity index (χ0n) is 8.89. The Balaban J connectivity index is 2.16. The molecule has 2 N–H and O–H groups in total. The lowest BCUT2D eigenvalue weighted by Gasteiger charge is -2.17. The zero-order valence-corrected chi connectivity index (χ0v) is 8.89. The monoisotopic (exact) mass is 222 g/mol. The summed E-state index contributed by atoms with van der Waals surface area (Å²) in [5, 5.41) is 10.5. The van der Waals surface area contributed by atoms with Crippen molar-refractivity contribution in [1.29, 1.82) is 0 Å². The first kappa shape index (κ1) is 10.9. The Morgan fingerprint density at radius 3 is 2.81 bits per heavy atom. The summed E-state index contributed by atoms with van der Waals surface area (Å²) in [6, 6.07) is 2.59. The van der Waals surface area contributed by atoms with Crippen molar-refractivity contribution in [3.8, 4) is 0 Å². The average molecular weight is 222 g/mol. The first-order valence-electron chi connectivity index (χ1n) is 5.37. The molecule has 0 amide bonds. The first-order valence-corrected chi connectivity index (χ1v) is 5.37. The Morgan fingerprint density at radius 1 is 1.44 bits per heavy atom. The molecule has 0 radical (unpaired) electrons. The van der Waals surface area contributed by atoms with E-state index in [2.05, 4.69) is 6.08 Å². The normalized spacial score (nSPS) is 17.9. The first-order chi connectivity index (χ1) is 7.68. The van der Waals surface area contributed by atoms with E-state index in [-0.39, 0.29) is 11.9 Å². The van der Waals surface area contributed by atoms with Crippen LogP contribution in [0.4, 0.5) is 5.88 Å². The van der Waals surface area contributed by atoms with Gasteiger partial charge in [-0.05, 0) is 37.3 Å². The molecule has 1 aromatic rings. The molecule has 0 spiro atoms. The Morgan fingerprint density at radius 2 is 2.25 bits per heavy atom. The average Bonchev–Trinajstić information content (AvgIpc) is 2.78. The molecule has 1 aliphatic carbocycles. The van der Waals surface area contributed by atoms with Crippen LogP contribution in [0.15, 0.2) is 28.2 Å². The standard InChI is InChI=1S/C11H14N2O3/c12-11(8-4-2-1-3-5-8)9-6-7-10(16-9)13(14)15/h4,6-7,11H,1-3,5,12H2. The summed E-state index contributed by atoms with van der Waals surface area (Å²) in [7, 11) is 0. The fraction of sp³-hybridized carbons (Fsp3) is 0.455. The molecule has 1 unspecified atom stereocenters. The van der Waals surface area contributed by atoms with Crippen molar-refractivity contribution in [2.45, 2.75) is 31.7 Å². The van der Waals surface area contributed by atoms with Gasteiger partial charge in [-0.25, -0.2) is 0 Å². The van der Waals surface area contributed by atoms with E-state index < -0.39 is 4.92 Å². The van der Waals surface area contributed by atoms with Gasteiger partial charge in [-0.2, -0.15) is 0 Å². The lowest BCUT2D eigenvalue weighted by atomic mass is 9.93. The minimum atomic E-state index is -0.550. The van der Waals surface area contributed by atoms with Gasteiger partial charge in [0.25, 0.3) is 0 Å². The number of allylic oxidation sites excluding steroid dienone is 1. The van der Waals surface area contributed by atoms with Gasteiger partial charge in [0.05, 0.1) is 12.1 Å². The Kier molecular flexibility index (Phi) is 3.05. The van der Waals surface area contributed by atoms with Gasteiger partial charge >= 0.3 is 5.88 Å². The number of hydrogen-bond donors (Lipinski definition) is 1. The van der Waals surface area contributed by atoms with Gasteiger partial charge in [-0.1, -0.05) is 6.08 Å². The Hall–Kier alpha value is -1.62. The van der Waals surface area contributed by atoms with E-state index in [1.54, 1.807) is 6.07 Å². The van der Waals surface area contributed by atoms with Gasteiger partial charge in [0.15, 0.2) is 0 Å². The number of nitrogens with two attached hydrogens (primary N) is 1. The second-order valence-electron chi connectivity index (χ2n) is 3.94. The summed E-state index contributed by atoms with van der Waals surface area (Å²) < 4.78 is 5.10. The molecule has 0 fully saturated rings. The van der Waals surface area contributed by atoms with Crippen molar-refractivity contribution in [3.05, 3.63) is 39.7 Å². The second kappa shape index (κ2) is 4.49. The highest BCUT2D eigenvalue weighted by atomic mass is 16.6. The third-order valence-electron chi connectivity index (χ3n) is 2.82. The smallest absolute Gasteiger partial charge is 0.404 e. The van der Waals surface area contributed by atoms with E-state index in [4.69, 9.17) is 10.2 Å². The molecule has 1 atom stereocenters. The fourth-order valence-corrected chi connectivity index (χ4v) is 1.94. The predicted octanol–water partition coefficient (Wildman–Crippen LogP) is 2.69. The molecule has 1 aromatic heterocycles. The lowest BCUT2D eigenvalue weighted by molar-refractivity contribution is -0.402. The van der Waals surface area contributed by atoms with Crippen molar-refractivity contribution in [3.63, 3.8) is 0 Å². The molecule has 0 aromatic carbocycles. The molecule has 0 bridgehead atoms. The molecular weight excluding hydrogens is 208 g/mol. The van der Waals surface area contributed by atoms with Gasteiger partial charge in [-0.15, -0.1) is 0 Å². The zero-order chi connectivity index (χ0) is 11.5. The van der Waals surface area contributed by atoms with Gasteiger partial charge < -0.3 is 10.2 Å². The third kappa shape index (κ3) is 2.14. The molecule has 0 aliphatic heterocycles. The third-order valence-corrected chi connectivity index (χ3v) is 2.82. The maximum absolute atomic E-state index is 10.5. The highest BCUT2D eigenvalue weighted by molar-refractivity contribution is 5.26. The van der Waals surface area contributed by atoms with Crippen LogP contribution in [-0.4, -0.2) is 4.92 Å². The number of hydrogen-bond acceptors (Lipinski definition) is 4. The second-order valence-corrected chi connectivity index (χ2v) is 3.94.